The van der Waals surface area contributed by atoms with Crippen LogP contribution in [-0.2, 0) is 14.3 Å². The van der Waals surface area contributed by atoms with Crippen LogP contribution < -0.4 is 5.32 Å². The molecule has 0 atom stereocenters. The molecule has 1 saturated carbocycles. The molecule has 0 aromatic heterocycles. The third kappa shape index (κ3) is 6.87. The molecule has 132 valence electrons. The van der Waals surface area contributed by atoms with E-state index in [1.54, 1.807) is 9.80 Å². The lowest BCUT2D eigenvalue weighted by atomic mass is 9.87. The van der Waals surface area contributed by atoms with Crippen LogP contribution >= 0.6 is 0 Å². The van der Waals surface area contributed by atoms with Crippen LogP contribution in [-0.4, -0.2) is 74.6 Å². The molecule has 1 aliphatic carbocycles. The largest absolute Gasteiger partial charge is 0.378 e. The van der Waals surface area contributed by atoms with Crippen molar-refractivity contribution in [2.45, 2.75) is 38.5 Å². The van der Waals surface area contributed by atoms with Gasteiger partial charge >= 0.3 is 0 Å². The number of rotatable bonds is 7. The van der Waals surface area contributed by atoms with E-state index in [0.717, 1.165) is 18.9 Å². The van der Waals surface area contributed by atoms with Crippen LogP contribution in [0.2, 0.25) is 0 Å². The van der Waals surface area contributed by atoms with Crippen molar-refractivity contribution in [1.29, 1.82) is 0 Å². The lowest BCUT2D eigenvalue weighted by Gasteiger charge is -2.28. The molecule has 0 aromatic carbocycles. The molecule has 0 unspecified atom stereocenters. The molecular weight excluding hydrogens is 294 g/mol. The van der Waals surface area contributed by atoms with Crippen LogP contribution in [0, 0.1) is 5.92 Å². The van der Waals surface area contributed by atoms with E-state index in [2.05, 4.69) is 5.32 Å². The Bertz CT molecular complexity index is 377. The van der Waals surface area contributed by atoms with Crippen molar-refractivity contribution in [3.05, 3.63) is 0 Å². The van der Waals surface area contributed by atoms with E-state index < -0.39 is 0 Å². The number of carbonyl (C=O) groups excluding carboxylic acids is 2. The Balaban J connectivity index is 1.57. The van der Waals surface area contributed by atoms with E-state index in [9.17, 15) is 9.59 Å². The van der Waals surface area contributed by atoms with Gasteiger partial charge in [0.25, 0.3) is 0 Å². The molecule has 0 spiro atoms. The van der Waals surface area contributed by atoms with Gasteiger partial charge in [0.1, 0.15) is 0 Å². The zero-order chi connectivity index (χ0) is 16.5. The fourth-order valence-corrected chi connectivity index (χ4v) is 3.39. The Morgan fingerprint density at radius 3 is 2.52 bits per heavy atom. The van der Waals surface area contributed by atoms with Crippen LogP contribution in [0.25, 0.3) is 0 Å². The van der Waals surface area contributed by atoms with Gasteiger partial charge in [-0.1, -0.05) is 32.1 Å². The quantitative estimate of drug-likeness (QED) is 0.754. The van der Waals surface area contributed by atoms with Gasteiger partial charge in [0.2, 0.25) is 11.8 Å². The number of likely N-dealkylation sites (N-methyl/N-ethyl adjacent to an activating group) is 1. The first-order valence-corrected chi connectivity index (χ1v) is 8.96. The first-order chi connectivity index (χ1) is 11.1. The lowest BCUT2D eigenvalue weighted by molar-refractivity contribution is -0.136. The molecule has 6 nitrogen and oxygen atoms in total. The highest BCUT2D eigenvalue weighted by atomic mass is 16.5. The molecule has 23 heavy (non-hydrogen) atoms. The number of amides is 2. The molecule has 0 aromatic rings. The predicted octanol–water partition coefficient (Wildman–Crippen LogP) is 0.864. The summed E-state index contributed by atoms with van der Waals surface area (Å²) in [5, 5.41) is 2.99. The number of nitrogens with zero attached hydrogens (tertiary/aromatic N) is 2. The second-order valence-electron chi connectivity index (χ2n) is 6.81. The van der Waals surface area contributed by atoms with Gasteiger partial charge < -0.3 is 15.0 Å². The maximum Gasteiger partial charge on any atom is 0.236 e. The molecular formula is C17H31N3O3. The number of carbonyl (C=O) groups is 2. The summed E-state index contributed by atoms with van der Waals surface area (Å²) in [6, 6.07) is 0. The van der Waals surface area contributed by atoms with Gasteiger partial charge in [-0.25, -0.2) is 0 Å². The molecule has 2 aliphatic rings. The highest BCUT2D eigenvalue weighted by molar-refractivity contribution is 5.81. The Morgan fingerprint density at radius 2 is 1.83 bits per heavy atom. The van der Waals surface area contributed by atoms with E-state index >= 15 is 0 Å². The SMILES string of the molecule is CN(CC(=O)NCCC1CCCCC1)CC(=O)N1CCOCC1. The summed E-state index contributed by atoms with van der Waals surface area (Å²) < 4.78 is 5.24. The zero-order valence-corrected chi connectivity index (χ0v) is 14.4. The van der Waals surface area contributed by atoms with Crippen molar-refractivity contribution in [2.24, 2.45) is 5.92 Å². The summed E-state index contributed by atoms with van der Waals surface area (Å²) in [4.78, 5) is 27.7. The minimum Gasteiger partial charge on any atom is -0.378 e. The molecule has 1 saturated heterocycles. The summed E-state index contributed by atoms with van der Waals surface area (Å²) in [7, 11) is 1.82. The van der Waals surface area contributed by atoms with Gasteiger partial charge in [-0.05, 0) is 19.4 Å². The molecule has 2 rings (SSSR count). The van der Waals surface area contributed by atoms with E-state index in [0.29, 0.717) is 26.3 Å². The van der Waals surface area contributed by atoms with E-state index in [1.165, 1.54) is 32.1 Å². The Labute approximate surface area is 139 Å². The predicted molar refractivity (Wildman–Crippen MR) is 89.1 cm³/mol. The van der Waals surface area contributed by atoms with Crippen LogP contribution in [0.3, 0.4) is 0 Å². The van der Waals surface area contributed by atoms with Gasteiger partial charge in [0.15, 0.2) is 0 Å². The maximum absolute atomic E-state index is 12.1. The van der Waals surface area contributed by atoms with Gasteiger partial charge in [-0.2, -0.15) is 0 Å². The number of hydrogen-bond donors (Lipinski definition) is 1. The van der Waals surface area contributed by atoms with Gasteiger partial charge in [-0.15, -0.1) is 0 Å². The highest BCUT2D eigenvalue weighted by Gasteiger charge is 2.19. The van der Waals surface area contributed by atoms with Crippen molar-refractivity contribution in [3.8, 4) is 0 Å². The molecule has 6 heteroatoms. The lowest BCUT2D eigenvalue weighted by Crippen LogP contribution is -2.46. The minimum atomic E-state index is 0.0121. The van der Waals surface area contributed by atoms with Gasteiger partial charge in [0.05, 0.1) is 26.3 Å². The maximum atomic E-state index is 12.1. The fourth-order valence-electron chi connectivity index (χ4n) is 3.39. The molecule has 1 N–H and O–H groups in total. The van der Waals surface area contributed by atoms with Crippen molar-refractivity contribution in [1.82, 2.24) is 15.1 Å². The summed E-state index contributed by atoms with van der Waals surface area (Å²) >= 11 is 0. The second-order valence-corrected chi connectivity index (χ2v) is 6.81. The average molecular weight is 325 g/mol. The molecule has 0 radical (unpaired) electrons. The molecule has 1 aliphatic heterocycles. The fraction of sp³-hybridized carbons (Fsp3) is 0.882. The molecule has 0 bridgehead atoms. The van der Waals surface area contributed by atoms with Crippen molar-refractivity contribution in [3.63, 3.8) is 0 Å². The highest BCUT2D eigenvalue weighted by Crippen LogP contribution is 2.25. The number of ether oxygens (including phenoxy) is 1. The average Bonchev–Trinajstić information content (AvgIpc) is 2.56. The third-order valence-corrected chi connectivity index (χ3v) is 4.78. The first-order valence-electron chi connectivity index (χ1n) is 8.96. The van der Waals surface area contributed by atoms with Crippen LogP contribution in [0.15, 0.2) is 0 Å². The van der Waals surface area contributed by atoms with Gasteiger partial charge in [0, 0.05) is 19.6 Å². The summed E-state index contributed by atoms with van der Waals surface area (Å²) in [6.07, 6.45) is 7.75. The smallest absolute Gasteiger partial charge is 0.236 e. The van der Waals surface area contributed by atoms with Gasteiger partial charge in [-0.3, -0.25) is 14.5 Å². The summed E-state index contributed by atoms with van der Waals surface area (Å²) in [5.41, 5.74) is 0. The van der Waals surface area contributed by atoms with Crippen molar-refractivity contribution < 1.29 is 14.3 Å². The molecule has 1 heterocycles. The Morgan fingerprint density at radius 1 is 1.13 bits per heavy atom. The standard InChI is InChI=1S/C17H31N3O3/c1-19(14-17(22)20-9-11-23-12-10-20)13-16(21)18-8-7-15-5-3-2-4-6-15/h15H,2-14H2,1H3,(H,18,21). The monoisotopic (exact) mass is 325 g/mol. The third-order valence-electron chi connectivity index (χ3n) is 4.78. The van der Waals surface area contributed by atoms with Crippen LogP contribution in [0.1, 0.15) is 38.5 Å². The number of morpholine rings is 1. The Kier molecular flexibility index (Phi) is 7.82. The van der Waals surface area contributed by atoms with E-state index in [1.807, 2.05) is 7.05 Å². The zero-order valence-electron chi connectivity index (χ0n) is 14.4. The second kappa shape index (κ2) is 9.88. The minimum absolute atomic E-state index is 0.0121. The number of nitrogens with one attached hydrogen (secondary N) is 1. The normalized spacial score (nSPS) is 19.8. The Hall–Kier alpha value is -1.14. The summed E-state index contributed by atoms with van der Waals surface area (Å²) in [5.74, 6) is 0.869. The van der Waals surface area contributed by atoms with E-state index in [4.69, 9.17) is 4.74 Å². The van der Waals surface area contributed by atoms with Crippen LogP contribution in [0.4, 0.5) is 0 Å². The first kappa shape index (κ1) is 18.2. The topological polar surface area (TPSA) is 61.9 Å². The van der Waals surface area contributed by atoms with Crippen LogP contribution in [0.5, 0.6) is 0 Å². The molecule has 2 fully saturated rings. The molecule has 2 amide bonds. The van der Waals surface area contributed by atoms with Crippen molar-refractivity contribution in [2.75, 3.05) is 53.0 Å². The van der Waals surface area contributed by atoms with E-state index in [-0.39, 0.29) is 24.9 Å². The van der Waals surface area contributed by atoms with Crippen molar-refractivity contribution >= 4 is 11.8 Å². The number of hydrogen-bond acceptors (Lipinski definition) is 4. The summed E-state index contributed by atoms with van der Waals surface area (Å²) in [6.45, 7) is 3.85.